The smallest absolute Gasteiger partial charge is 0.229 e. The Balaban J connectivity index is 1.96. The first-order valence-electron chi connectivity index (χ1n) is 7.59. The van der Waals surface area contributed by atoms with E-state index >= 15 is 0 Å². The minimum Gasteiger partial charge on any atom is -0.457 e. The standard InChI is InChI=1S/C19H16OSi2/c1-22(20-21)12-11-13-5-6-16-8-7-14-3-2-4-15-9-10-17(13)19(16)18(14)15/h2-10H,11-12H2,1H3. The maximum atomic E-state index is 5.30. The Hall–Kier alpha value is -1.69. The fraction of sp³-hybridized carbons (Fsp3) is 0.158. The largest absolute Gasteiger partial charge is 0.457 e. The van der Waals surface area contributed by atoms with E-state index in [1.807, 2.05) is 0 Å². The molecule has 4 aromatic rings. The molecular weight excluding hydrogens is 300 g/mol. The summed E-state index contributed by atoms with van der Waals surface area (Å²) < 4.78 is 5.30. The third-order valence-corrected chi connectivity index (χ3v) is 6.89. The van der Waals surface area contributed by atoms with Gasteiger partial charge in [-0.05, 0) is 56.9 Å². The van der Waals surface area contributed by atoms with Crippen LogP contribution < -0.4 is 0 Å². The van der Waals surface area contributed by atoms with Crippen LogP contribution in [0.3, 0.4) is 0 Å². The van der Waals surface area contributed by atoms with Crippen LogP contribution in [0.25, 0.3) is 32.3 Å². The Labute approximate surface area is 135 Å². The lowest BCUT2D eigenvalue weighted by atomic mass is 9.91. The van der Waals surface area contributed by atoms with Crippen molar-refractivity contribution in [2.75, 3.05) is 0 Å². The van der Waals surface area contributed by atoms with Gasteiger partial charge in [-0.2, -0.15) is 0 Å². The van der Waals surface area contributed by atoms with E-state index in [1.165, 1.54) is 37.9 Å². The summed E-state index contributed by atoms with van der Waals surface area (Å²) in [6.07, 6.45) is 1.07. The molecule has 3 heteroatoms. The molecule has 0 fully saturated rings. The van der Waals surface area contributed by atoms with Crippen molar-refractivity contribution in [2.24, 2.45) is 0 Å². The van der Waals surface area contributed by atoms with E-state index in [2.05, 4.69) is 71.6 Å². The summed E-state index contributed by atoms with van der Waals surface area (Å²) in [6, 6.07) is 21.2. The third kappa shape index (κ3) is 2.17. The Bertz CT molecular complexity index is 932. The van der Waals surface area contributed by atoms with Gasteiger partial charge in [0.2, 0.25) is 10.5 Å². The van der Waals surface area contributed by atoms with Gasteiger partial charge in [0, 0.05) is 0 Å². The van der Waals surface area contributed by atoms with Gasteiger partial charge in [0.25, 0.3) is 0 Å². The fourth-order valence-electron chi connectivity index (χ4n) is 3.38. The summed E-state index contributed by atoms with van der Waals surface area (Å²) in [7, 11) is 2.44. The van der Waals surface area contributed by atoms with Crippen LogP contribution in [0.5, 0.6) is 0 Å². The highest BCUT2D eigenvalue weighted by molar-refractivity contribution is 6.54. The highest BCUT2D eigenvalue weighted by atomic mass is 28.3. The molecule has 0 saturated heterocycles. The summed E-state index contributed by atoms with van der Waals surface area (Å²) in [4.78, 5) is 0. The molecule has 22 heavy (non-hydrogen) atoms. The van der Waals surface area contributed by atoms with Crippen LogP contribution >= 0.6 is 0 Å². The number of hydrogen-bond acceptors (Lipinski definition) is 1. The summed E-state index contributed by atoms with van der Waals surface area (Å²) in [5.74, 6) is 0. The van der Waals surface area contributed by atoms with Crippen molar-refractivity contribution >= 4 is 51.8 Å². The first kappa shape index (κ1) is 13.9. The molecule has 0 bridgehead atoms. The minimum atomic E-state index is -0.741. The number of aryl methyl sites for hydroxylation is 1. The molecule has 0 aliphatic heterocycles. The van der Waals surface area contributed by atoms with Crippen molar-refractivity contribution in [3.8, 4) is 0 Å². The van der Waals surface area contributed by atoms with Crippen molar-refractivity contribution in [3.63, 3.8) is 0 Å². The minimum absolute atomic E-state index is 0.741. The zero-order valence-corrected chi connectivity index (χ0v) is 14.5. The molecule has 0 unspecified atom stereocenters. The average molecular weight is 317 g/mol. The molecule has 0 N–H and O–H groups in total. The fourth-order valence-corrected chi connectivity index (χ4v) is 4.41. The third-order valence-electron chi connectivity index (χ3n) is 4.54. The molecule has 4 rings (SSSR count). The van der Waals surface area contributed by atoms with E-state index < -0.39 is 9.04 Å². The summed E-state index contributed by atoms with van der Waals surface area (Å²) in [5, 5.41) is 8.20. The van der Waals surface area contributed by atoms with E-state index in [9.17, 15) is 0 Å². The van der Waals surface area contributed by atoms with Crippen LogP contribution in [0, 0.1) is 0 Å². The number of benzene rings is 4. The first-order valence-corrected chi connectivity index (χ1v) is 10.1. The van der Waals surface area contributed by atoms with Crippen LogP contribution in [0.4, 0.5) is 0 Å². The topological polar surface area (TPSA) is 9.23 Å². The van der Waals surface area contributed by atoms with Crippen LogP contribution in [-0.2, 0) is 10.5 Å². The van der Waals surface area contributed by atoms with Crippen molar-refractivity contribution < 1.29 is 4.12 Å². The normalized spacial score (nSPS) is 12.1. The maximum Gasteiger partial charge on any atom is 0.229 e. The lowest BCUT2D eigenvalue weighted by Crippen LogP contribution is -2.11. The highest BCUT2D eigenvalue weighted by Gasteiger charge is 2.11. The zero-order chi connectivity index (χ0) is 15.1. The van der Waals surface area contributed by atoms with Crippen molar-refractivity contribution in [2.45, 2.75) is 19.0 Å². The Morgan fingerprint density at radius 3 is 2.23 bits per heavy atom. The molecule has 106 valence electrons. The van der Waals surface area contributed by atoms with Gasteiger partial charge in [-0.1, -0.05) is 54.6 Å². The second-order valence-electron chi connectivity index (χ2n) is 5.88. The number of hydrogen-bond donors (Lipinski definition) is 0. The van der Waals surface area contributed by atoms with Gasteiger partial charge < -0.3 is 4.12 Å². The van der Waals surface area contributed by atoms with E-state index in [-0.39, 0.29) is 0 Å². The lowest BCUT2D eigenvalue weighted by molar-refractivity contribution is 0.634. The SMILES string of the molecule is C[Si](CCc1ccc2ccc3cccc4ccc1c2c34)O[Si]. The van der Waals surface area contributed by atoms with Gasteiger partial charge in [-0.15, -0.1) is 0 Å². The van der Waals surface area contributed by atoms with Crippen LogP contribution in [0.2, 0.25) is 12.6 Å². The molecule has 0 aromatic heterocycles. The Morgan fingerprint density at radius 2 is 1.50 bits per heavy atom. The van der Waals surface area contributed by atoms with Crippen molar-refractivity contribution in [3.05, 3.63) is 60.2 Å². The first-order chi connectivity index (χ1) is 10.8. The van der Waals surface area contributed by atoms with Gasteiger partial charge in [0.1, 0.15) is 0 Å². The highest BCUT2D eigenvalue weighted by Crippen LogP contribution is 2.36. The van der Waals surface area contributed by atoms with E-state index in [0.29, 0.717) is 0 Å². The van der Waals surface area contributed by atoms with Crippen LogP contribution in [0.15, 0.2) is 54.6 Å². The molecule has 1 nitrogen and oxygen atoms in total. The molecule has 0 saturated carbocycles. The summed E-state index contributed by atoms with van der Waals surface area (Å²) in [6.45, 7) is 2.19. The van der Waals surface area contributed by atoms with Gasteiger partial charge in [0.15, 0.2) is 9.04 Å². The van der Waals surface area contributed by atoms with Gasteiger partial charge in [0.05, 0.1) is 0 Å². The van der Waals surface area contributed by atoms with Crippen LogP contribution in [-0.4, -0.2) is 19.5 Å². The van der Waals surface area contributed by atoms with E-state index in [4.69, 9.17) is 4.12 Å². The predicted molar refractivity (Wildman–Crippen MR) is 97.1 cm³/mol. The van der Waals surface area contributed by atoms with Crippen molar-refractivity contribution in [1.82, 2.24) is 0 Å². The van der Waals surface area contributed by atoms with E-state index in [1.54, 1.807) is 0 Å². The maximum absolute atomic E-state index is 5.30. The van der Waals surface area contributed by atoms with Gasteiger partial charge in [-0.3, -0.25) is 0 Å². The van der Waals surface area contributed by atoms with Gasteiger partial charge >= 0.3 is 0 Å². The summed E-state index contributed by atoms with van der Waals surface area (Å²) >= 11 is 0. The second kappa shape index (κ2) is 5.50. The molecule has 4 radical (unpaired) electrons. The average Bonchev–Trinajstić information content (AvgIpc) is 2.58. The molecular formula is C19H16OSi2. The Morgan fingerprint density at radius 1 is 0.864 bits per heavy atom. The van der Waals surface area contributed by atoms with Gasteiger partial charge in [-0.25, -0.2) is 0 Å². The molecule has 0 spiro atoms. The zero-order valence-electron chi connectivity index (χ0n) is 12.5. The van der Waals surface area contributed by atoms with E-state index in [0.717, 1.165) is 12.5 Å². The predicted octanol–water partition coefficient (Wildman–Crippen LogP) is 4.85. The molecule has 0 heterocycles. The monoisotopic (exact) mass is 316 g/mol. The molecule has 0 atom stereocenters. The second-order valence-corrected chi connectivity index (χ2v) is 8.61. The quantitative estimate of drug-likeness (QED) is 0.386. The molecule has 4 aromatic carbocycles. The summed E-state index contributed by atoms with van der Waals surface area (Å²) in [5.41, 5.74) is 1.43. The molecule has 0 amide bonds. The van der Waals surface area contributed by atoms with Crippen molar-refractivity contribution in [1.29, 1.82) is 0 Å². The Kier molecular flexibility index (Phi) is 3.49. The number of rotatable bonds is 4. The lowest BCUT2D eigenvalue weighted by Gasteiger charge is -2.14. The molecule has 0 aliphatic carbocycles. The van der Waals surface area contributed by atoms with Crippen LogP contribution in [0.1, 0.15) is 5.56 Å². The molecule has 0 aliphatic rings.